The molecule has 0 fully saturated rings. The number of nitrogens with zero attached hydrogens (tertiary/aromatic N) is 3. The van der Waals surface area contributed by atoms with Crippen LogP contribution in [0.2, 0.25) is 0 Å². The van der Waals surface area contributed by atoms with Crippen molar-refractivity contribution >= 4 is 23.4 Å². The topological polar surface area (TPSA) is 100 Å². The fourth-order valence-electron chi connectivity index (χ4n) is 2.43. The van der Waals surface area contributed by atoms with Gasteiger partial charge in [0.2, 0.25) is 5.95 Å². The highest BCUT2D eigenvalue weighted by Gasteiger charge is 2.35. The Bertz CT molecular complexity index is 1030. The molecule has 0 atom stereocenters. The molecule has 3 N–H and O–H groups in total. The van der Waals surface area contributed by atoms with Crippen molar-refractivity contribution in [2.24, 2.45) is 0 Å². The van der Waals surface area contributed by atoms with Crippen molar-refractivity contribution in [2.45, 2.75) is 6.18 Å². The lowest BCUT2D eigenvalue weighted by Gasteiger charge is -2.16. The Morgan fingerprint density at radius 1 is 1.10 bits per heavy atom. The maximum atomic E-state index is 14.1. The van der Waals surface area contributed by atoms with E-state index in [9.17, 15) is 22.4 Å². The third-order valence-corrected chi connectivity index (χ3v) is 3.67. The molecule has 0 radical (unpaired) electrons. The van der Waals surface area contributed by atoms with Crippen molar-refractivity contribution in [3.63, 3.8) is 0 Å². The zero-order valence-corrected chi connectivity index (χ0v) is 14.5. The number of alkyl halides is 3. The molecule has 29 heavy (non-hydrogen) atoms. The molecule has 150 valence electrons. The van der Waals surface area contributed by atoms with Gasteiger partial charge in [0.25, 0.3) is 0 Å². The lowest BCUT2D eigenvalue weighted by molar-refractivity contribution is -0.137. The monoisotopic (exact) mass is 407 g/mol. The van der Waals surface area contributed by atoms with Crippen LogP contribution in [0.4, 0.5) is 35.0 Å². The number of pyridine rings is 1. The van der Waals surface area contributed by atoms with E-state index < -0.39 is 35.8 Å². The largest absolute Gasteiger partial charge is 0.480 e. The van der Waals surface area contributed by atoms with Gasteiger partial charge in [-0.25, -0.2) is 9.37 Å². The molecule has 0 bridgehead atoms. The molecule has 2 heterocycles. The number of aliphatic carboxylic acids is 1. The summed E-state index contributed by atoms with van der Waals surface area (Å²) >= 11 is 0. The van der Waals surface area contributed by atoms with E-state index in [1.165, 1.54) is 18.5 Å². The molecule has 0 saturated carbocycles. The maximum Gasteiger partial charge on any atom is 0.418 e. The van der Waals surface area contributed by atoms with Gasteiger partial charge in [0.05, 0.1) is 16.9 Å². The van der Waals surface area contributed by atoms with Crippen LogP contribution in [0.3, 0.4) is 0 Å². The van der Waals surface area contributed by atoms with Gasteiger partial charge in [-0.15, -0.1) is 0 Å². The number of benzene rings is 1. The highest BCUT2D eigenvalue weighted by molar-refractivity contribution is 5.73. The number of rotatable bonds is 6. The lowest BCUT2D eigenvalue weighted by atomic mass is 10.1. The normalized spacial score (nSPS) is 11.2. The van der Waals surface area contributed by atoms with Crippen molar-refractivity contribution in [3.8, 4) is 11.3 Å². The molecule has 7 nitrogen and oxygen atoms in total. The molecule has 0 aliphatic rings. The Morgan fingerprint density at radius 3 is 2.48 bits per heavy atom. The van der Waals surface area contributed by atoms with Crippen molar-refractivity contribution in [2.75, 3.05) is 17.2 Å². The minimum atomic E-state index is -4.80. The summed E-state index contributed by atoms with van der Waals surface area (Å²) in [6.45, 7) is -0.521. The van der Waals surface area contributed by atoms with Crippen molar-refractivity contribution in [1.29, 1.82) is 0 Å². The number of carboxylic acids is 1. The van der Waals surface area contributed by atoms with Crippen LogP contribution in [0, 0.1) is 5.82 Å². The van der Waals surface area contributed by atoms with Crippen LogP contribution in [-0.2, 0) is 11.0 Å². The number of carboxylic acid groups (broad SMARTS) is 1. The van der Waals surface area contributed by atoms with Crippen LogP contribution < -0.4 is 10.6 Å². The summed E-state index contributed by atoms with van der Waals surface area (Å²) in [7, 11) is 0. The smallest absolute Gasteiger partial charge is 0.418 e. The molecule has 0 saturated heterocycles. The predicted molar refractivity (Wildman–Crippen MR) is 96.1 cm³/mol. The van der Waals surface area contributed by atoms with Crippen molar-refractivity contribution in [3.05, 3.63) is 60.2 Å². The second-order valence-electron chi connectivity index (χ2n) is 5.73. The zero-order valence-electron chi connectivity index (χ0n) is 14.5. The number of carbonyl (C=O) groups is 1. The average Bonchev–Trinajstić information content (AvgIpc) is 2.67. The van der Waals surface area contributed by atoms with Crippen LogP contribution in [0.15, 0.2) is 48.8 Å². The number of para-hydroxylation sites is 1. The first-order chi connectivity index (χ1) is 13.7. The zero-order chi connectivity index (χ0) is 21.0. The summed E-state index contributed by atoms with van der Waals surface area (Å²) in [5.74, 6) is -2.63. The number of aromatic nitrogens is 3. The minimum absolute atomic E-state index is 0.157. The van der Waals surface area contributed by atoms with Gasteiger partial charge < -0.3 is 15.7 Å². The number of nitrogens with one attached hydrogen (secondary N) is 2. The molecule has 0 spiro atoms. The summed E-state index contributed by atoms with van der Waals surface area (Å²) in [5, 5.41) is 13.6. The van der Waals surface area contributed by atoms with Gasteiger partial charge in [-0.3, -0.25) is 9.78 Å². The first-order valence-corrected chi connectivity index (χ1v) is 8.12. The summed E-state index contributed by atoms with van der Waals surface area (Å²) < 4.78 is 53.9. The number of hydrogen-bond donors (Lipinski definition) is 3. The Hall–Kier alpha value is -3.76. The number of hydrogen-bond acceptors (Lipinski definition) is 6. The van der Waals surface area contributed by atoms with Crippen LogP contribution in [0.1, 0.15) is 5.56 Å². The molecular formula is C18H13F4N5O2. The predicted octanol–water partition coefficient (Wildman–Crippen LogP) is 3.94. The highest BCUT2D eigenvalue weighted by Crippen LogP contribution is 2.37. The fourth-order valence-corrected chi connectivity index (χ4v) is 2.43. The molecule has 3 rings (SSSR count). The third-order valence-electron chi connectivity index (χ3n) is 3.67. The molecule has 1 aromatic carbocycles. The molecule has 3 aromatic rings. The van der Waals surface area contributed by atoms with E-state index in [0.717, 1.165) is 18.2 Å². The second-order valence-corrected chi connectivity index (χ2v) is 5.73. The van der Waals surface area contributed by atoms with Gasteiger partial charge in [-0.1, -0.05) is 6.07 Å². The molecule has 0 aliphatic heterocycles. The standard InChI is InChI=1S/C18H13F4N5O2/c19-12-3-1-2-11(18(20,21)22)16(12)26-14-8-13(10-4-6-23-7-5-10)25-17(27-14)24-9-15(28)29/h1-8H,9H2,(H,28,29)(H2,24,25,26,27). The number of anilines is 3. The third kappa shape index (κ3) is 4.94. The van der Waals surface area contributed by atoms with Gasteiger partial charge in [0.1, 0.15) is 18.2 Å². The molecule has 11 heteroatoms. The van der Waals surface area contributed by atoms with E-state index in [4.69, 9.17) is 5.11 Å². The lowest BCUT2D eigenvalue weighted by Crippen LogP contribution is -2.15. The van der Waals surface area contributed by atoms with Gasteiger partial charge in [0, 0.05) is 24.0 Å². The Labute approximate surface area is 161 Å². The fraction of sp³-hybridized carbons (Fsp3) is 0.111. The summed E-state index contributed by atoms with van der Waals surface area (Å²) in [5.41, 5.74) is -1.19. The van der Waals surface area contributed by atoms with Gasteiger partial charge >= 0.3 is 12.1 Å². The van der Waals surface area contributed by atoms with E-state index in [-0.39, 0.29) is 17.5 Å². The van der Waals surface area contributed by atoms with E-state index in [1.807, 2.05) is 0 Å². The Morgan fingerprint density at radius 2 is 1.83 bits per heavy atom. The second kappa shape index (κ2) is 8.09. The quantitative estimate of drug-likeness (QED) is 0.532. The maximum absolute atomic E-state index is 14.1. The molecular weight excluding hydrogens is 394 g/mol. The molecule has 0 aliphatic carbocycles. The summed E-state index contributed by atoms with van der Waals surface area (Å²) in [6, 6.07) is 7.07. The Balaban J connectivity index is 2.05. The van der Waals surface area contributed by atoms with Crippen LogP contribution >= 0.6 is 0 Å². The van der Waals surface area contributed by atoms with Gasteiger partial charge in [-0.05, 0) is 24.3 Å². The van der Waals surface area contributed by atoms with E-state index in [0.29, 0.717) is 5.56 Å². The van der Waals surface area contributed by atoms with Crippen molar-refractivity contribution < 1.29 is 27.5 Å². The highest BCUT2D eigenvalue weighted by atomic mass is 19.4. The van der Waals surface area contributed by atoms with Crippen LogP contribution in [-0.4, -0.2) is 32.6 Å². The molecule has 2 aromatic heterocycles. The summed E-state index contributed by atoms with van der Waals surface area (Å²) in [6.07, 6.45) is -1.84. The number of halogens is 4. The van der Waals surface area contributed by atoms with E-state index in [1.54, 1.807) is 12.1 Å². The first-order valence-electron chi connectivity index (χ1n) is 8.12. The molecule has 0 unspecified atom stereocenters. The van der Waals surface area contributed by atoms with Gasteiger partial charge in [0.15, 0.2) is 0 Å². The summed E-state index contributed by atoms with van der Waals surface area (Å²) in [4.78, 5) is 22.7. The molecule has 0 amide bonds. The SMILES string of the molecule is O=C(O)CNc1nc(Nc2c(F)cccc2C(F)(F)F)cc(-c2ccncc2)n1. The van der Waals surface area contributed by atoms with Crippen LogP contribution in [0.5, 0.6) is 0 Å². The minimum Gasteiger partial charge on any atom is -0.480 e. The van der Waals surface area contributed by atoms with E-state index >= 15 is 0 Å². The van der Waals surface area contributed by atoms with Crippen LogP contribution in [0.25, 0.3) is 11.3 Å². The van der Waals surface area contributed by atoms with Gasteiger partial charge in [-0.2, -0.15) is 18.2 Å². The van der Waals surface area contributed by atoms with Crippen molar-refractivity contribution in [1.82, 2.24) is 15.0 Å². The Kier molecular flexibility index (Phi) is 5.57. The first kappa shape index (κ1) is 20.0. The van der Waals surface area contributed by atoms with E-state index in [2.05, 4.69) is 25.6 Å². The average molecular weight is 407 g/mol.